The maximum atomic E-state index is 13.7. The molecule has 0 radical (unpaired) electrons. The predicted molar refractivity (Wildman–Crippen MR) is 79.3 cm³/mol. The van der Waals surface area contributed by atoms with Crippen LogP contribution in [0.25, 0.3) is 0 Å². The van der Waals surface area contributed by atoms with Crippen molar-refractivity contribution < 1.29 is 8.78 Å². The maximum Gasteiger partial charge on any atom is 0.129 e. The van der Waals surface area contributed by atoms with Crippen LogP contribution in [-0.2, 0) is 6.42 Å². The SMILES string of the molecule is NNC(Cc1c(F)cccc1F)c1ccc(Br)cc1Cl. The Balaban J connectivity index is 2.34. The summed E-state index contributed by atoms with van der Waals surface area (Å²) in [6.07, 6.45) is 0.0658. The van der Waals surface area contributed by atoms with Crippen molar-refractivity contribution in [2.45, 2.75) is 12.5 Å². The van der Waals surface area contributed by atoms with Crippen LogP contribution in [0.3, 0.4) is 0 Å². The molecule has 106 valence electrons. The maximum absolute atomic E-state index is 13.7. The Morgan fingerprint density at radius 1 is 1.20 bits per heavy atom. The van der Waals surface area contributed by atoms with Crippen LogP contribution in [0.5, 0.6) is 0 Å². The average molecular weight is 362 g/mol. The molecule has 3 N–H and O–H groups in total. The summed E-state index contributed by atoms with van der Waals surface area (Å²) in [5.74, 6) is 4.30. The van der Waals surface area contributed by atoms with Crippen molar-refractivity contribution in [2.75, 3.05) is 0 Å². The predicted octanol–water partition coefficient (Wildman–Crippen LogP) is 4.13. The van der Waals surface area contributed by atoms with Gasteiger partial charge in [-0.05, 0) is 36.2 Å². The van der Waals surface area contributed by atoms with Gasteiger partial charge in [0.05, 0.1) is 6.04 Å². The Hall–Kier alpha value is -1.01. The molecule has 0 fully saturated rings. The molecule has 1 atom stereocenters. The fraction of sp³-hybridized carbons (Fsp3) is 0.143. The average Bonchev–Trinajstić information content (AvgIpc) is 2.40. The third-order valence-corrected chi connectivity index (χ3v) is 3.83. The van der Waals surface area contributed by atoms with E-state index in [0.717, 1.165) is 4.47 Å². The summed E-state index contributed by atoms with van der Waals surface area (Å²) in [7, 11) is 0. The second-order valence-electron chi connectivity index (χ2n) is 4.29. The molecule has 0 aliphatic carbocycles. The lowest BCUT2D eigenvalue weighted by atomic mass is 9.98. The Kier molecular flexibility index (Phi) is 5.10. The van der Waals surface area contributed by atoms with E-state index in [0.29, 0.717) is 10.6 Å². The normalized spacial score (nSPS) is 12.4. The minimum absolute atomic E-state index is 0.0190. The molecule has 0 bridgehead atoms. The summed E-state index contributed by atoms with van der Waals surface area (Å²) >= 11 is 9.44. The van der Waals surface area contributed by atoms with Gasteiger partial charge >= 0.3 is 0 Å². The van der Waals surface area contributed by atoms with Gasteiger partial charge in [0.25, 0.3) is 0 Å². The van der Waals surface area contributed by atoms with E-state index in [4.69, 9.17) is 17.4 Å². The fourth-order valence-electron chi connectivity index (χ4n) is 1.97. The lowest BCUT2D eigenvalue weighted by molar-refractivity contribution is 0.500. The number of hydrogen-bond acceptors (Lipinski definition) is 2. The van der Waals surface area contributed by atoms with Crippen LogP contribution in [0, 0.1) is 11.6 Å². The molecule has 0 aliphatic heterocycles. The molecule has 2 rings (SSSR count). The van der Waals surface area contributed by atoms with E-state index in [9.17, 15) is 8.78 Å². The second kappa shape index (κ2) is 6.63. The largest absolute Gasteiger partial charge is 0.271 e. The molecule has 6 heteroatoms. The number of nitrogens with one attached hydrogen (secondary N) is 1. The highest BCUT2D eigenvalue weighted by atomic mass is 79.9. The number of rotatable bonds is 4. The summed E-state index contributed by atoms with van der Waals surface area (Å²) in [5, 5.41) is 0.471. The van der Waals surface area contributed by atoms with E-state index in [-0.39, 0.29) is 12.0 Å². The molecular formula is C14H12BrClF2N2. The highest BCUT2D eigenvalue weighted by Gasteiger charge is 2.18. The third-order valence-electron chi connectivity index (χ3n) is 3.01. The van der Waals surface area contributed by atoms with Gasteiger partial charge in [0.2, 0.25) is 0 Å². The number of hydrogen-bond donors (Lipinski definition) is 2. The van der Waals surface area contributed by atoms with E-state index in [1.54, 1.807) is 18.2 Å². The molecule has 2 aromatic rings. The second-order valence-corrected chi connectivity index (χ2v) is 5.61. The van der Waals surface area contributed by atoms with Gasteiger partial charge in [0.1, 0.15) is 11.6 Å². The highest BCUT2D eigenvalue weighted by molar-refractivity contribution is 9.10. The molecule has 0 amide bonds. The molecule has 0 heterocycles. The topological polar surface area (TPSA) is 38.0 Å². The molecule has 0 spiro atoms. The zero-order valence-electron chi connectivity index (χ0n) is 10.3. The van der Waals surface area contributed by atoms with E-state index in [2.05, 4.69) is 21.4 Å². The summed E-state index contributed by atoms with van der Waals surface area (Å²) in [4.78, 5) is 0. The van der Waals surface area contributed by atoms with Crippen molar-refractivity contribution in [2.24, 2.45) is 5.84 Å². The zero-order chi connectivity index (χ0) is 14.7. The van der Waals surface area contributed by atoms with Gasteiger partial charge in [-0.15, -0.1) is 0 Å². The van der Waals surface area contributed by atoms with Crippen LogP contribution >= 0.6 is 27.5 Å². The van der Waals surface area contributed by atoms with E-state index in [1.807, 2.05) is 0 Å². The van der Waals surface area contributed by atoms with Gasteiger partial charge in [-0.25, -0.2) is 8.78 Å². The van der Waals surface area contributed by atoms with Crippen LogP contribution in [0.2, 0.25) is 5.02 Å². The van der Waals surface area contributed by atoms with Crippen LogP contribution < -0.4 is 11.3 Å². The van der Waals surface area contributed by atoms with E-state index in [1.165, 1.54) is 18.2 Å². The van der Waals surface area contributed by atoms with Crippen LogP contribution in [0.4, 0.5) is 8.78 Å². The Morgan fingerprint density at radius 2 is 1.85 bits per heavy atom. The highest BCUT2D eigenvalue weighted by Crippen LogP contribution is 2.29. The van der Waals surface area contributed by atoms with E-state index >= 15 is 0 Å². The molecule has 0 saturated carbocycles. The van der Waals surface area contributed by atoms with Crippen molar-refractivity contribution in [3.05, 3.63) is 68.7 Å². The van der Waals surface area contributed by atoms with Crippen LogP contribution in [0.1, 0.15) is 17.2 Å². The first-order valence-corrected chi connectivity index (χ1v) is 7.04. The molecule has 1 unspecified atom stereocenters. The quantitative estimate of drug-likeness (QED) is 0.635. The van der Waals surface area contributed by atoms with Gasteiger partial charge in [-0.1, -0.05) is 39.7 Å². The number of hydrazine groups is 1. The molecule has 2 aromatic carbocycles. The first-order chi connectivity index (χ1) is 9.52. The van der Waals surface area contributed by atoms with Crippen molar-refractivity contribution in [1.82, 2.24) is 5.43 Å². The van der Waals surface area contributed by atoms with Gasteiger partial charge in [-0.2, -0.15) is 0 Å². The first-order valence-electron chi connectivity index (χ1n) is 5.87. The fourth-order valence-corrected chi connectivity index (χ4v) is 2.78. The van der Waals surface area contributed by atoms with Crippen LogP contribution in [-0.4, -0.2) is 0 Å². The summed E-state index contributed by atoms with van der Waals surface area (Å²) in [6.45, 7) is 0. The Labute approximate surface area is 129 Å². The molecule has 2 nitrogen and oxygen atoms in total. The van der Waals surface area contributed by atoms with Crippen molar-refractivity contribution in [3.63, 3.8) is 0 Å². The van der Waals surface area contributed by atoms with Gasteiger partial charge in [0.15, 0.2) is 0 Å². The van der Waals surface area contributed by atoms with E-state index < -0.39 is 17.7 Å². The third kappa shape index (κ3) is 3.35. The van der Waals surface area contributed by atoms with Crippen molar-refractivity contribution >= 4 is 27.5 Å². The molecule has 0 aliphatic rings. The van der Waals surface area contributed by atoms with Gasteiger partial charge in [0, 0.05) is 15.1 Å². The molecule has 0 saturated heterocycles. The number of benzene rings is 2. The lowest BCUT2D eigenvalue weighted by Gasteiger charge is -2.18. The summed E-state index contributed by atoms with van der Waals surface area (Å²) in [5.41, 5.74) is 3.21. The smallest absolute Gasteiger partial charge is 0.129 e. The van der Waals surface area contributed by atoms with Crippen molar-refractivity contribution in [1.29, 1.82) is 0 Å². The molecular weight excluding hydrogens is 350 g/mol. The summed E-state index contributed by atoms with van der Waals surface area (Å²) < 4.78 is 28.2. The minimum Gasteiger partial charge on any atom is -0.271 e. The Bertz CT molecular complexity index is 602. The summed E-state index contributed by atoms with van der Waals surface area (Å²) in [6, 6.07) is 8.54. The first kappa shape index (κ1) is 15.4. The Morgan fingerprint density at radius 3 is 2.40 bits per heavy atom. The number of nitrogens with two attached hydrogens (primary N) is 1. The lowest BCUT2D eigenvalue weighted by Crippen LogP contribution is -2.30. The van der Waals surface area contributed by atoms with Gasteiger partial charge < -0.3 is 0 Å². The zero-order valence-corrected chi connectivity index (χ0v) is 12.7. The molecule has 20 heavy (non-hydrogen) atoms. The van der Waals surface area contributed by atoms with Gasteiger partial charge in [-0.3, -0.25) is 11.3 Å². The van der Waals surface area contributed by atoms with Crippen molar-refractivity contribution in [3.8, 4) is 0 Å². The minimum atomic E-state index is -0.599. The van der Waals surface area contributed by atoms with Crippen LogP contribution in [0.15, 0.2) is 40.9 Å². The molecule has 0 aromatic heterocycles. The monoisotopic (exact) mass is 360 g/mol. The standard InChI is InChI=1S/C14H12BrClF2N2/c15-8-4-5-9(11(16)6-8)14(20-19)7-10-12(17)2-1-3-13(10)18/h1-6,14,20H,7,19H2. The number of halogens is 4.